The van der Waals surface area contributed by atoms with E-state index in [0.29, 0.717) is 30.0 Å². The van der Waals surface area contributed by atoms with Crippen molar-refractivity contribution in [3.8, 4) is 0 Å². The zero-order chi connectivity index (χ0) is 12.3. The predicted octanol–water partition coefficient (Wildman–Crippen LogP) is 3.18. The van der Waals surface area contributed by atoms with E-state index in [1.165, 1.54) is 17.4 Å². The molecule has 0 spiro atoms. The van der Waals surface area contributed by atoms with Crippen LogP contribution < -0.4 is 5.73 Å². The van der Waals surface area contributed by atoms with Crippen LogP contribution in [0.1, 0.15) is 16.3 Å². The largest absolute Gasteiger partial charge is 0.325 e. The second-order valence-electron chi connectivity index (χ2n) is 3.64. The molecule has 1 aromatic carbocycles. The summed E-state index contributed by atoms with van der Waals surface area (Å²) in [6.07, 6.45) is 1.23. The third kappa shape index (κ3) is 3.03. The first kappa shape index (κ1) is 12.5. The van der Waals surface area contributed by atoms with Gasteiger partial charge in [0.1, 0.15) is 10.8 Å². The molecular formula is C12H12ClFN2S. The molecule has 0 fully saturated rings. The van der Waals surface area contributed by atoms with Crippen molar-refractivity contribution in [3.05, 3.63) is 50.7 Å². The monoisotopic (exact) mass is 270 g/mol. The average molecular weight is 271 g/mol. The topological polar surface area (TPSA) is 38.9 Å². The van der Waals surface area contributed by atoms with Gasteiger partial charge < -0.3 is 5.73 Å². The first-order valence-corrected chi connectivity index (χ1v) is 6.52. The molecule has 1 heterocycles. The van der Waals surface area contributed by atoms with E-state index in [9.17, 15) is 4.39 Å². The van der Waals surface area contributed by atoms with E-state index in [2.05, 4.69) is 4.98 Å². The van der Waals surface area contributed by atoms with Crippen molar-refractivity contribution in [1.29, 1.82) is 0 Å². The molecule has 0 aliphatic carbocycles. The summed E-state index contributed by atoms with van der Waals surface area (Å²) in [6.45, 7) is 0.450. The van der Waals surface area contributed by atoms with Gasteiger partial charge in [-0.15, -0.1) is 11.3 Å². The van der Waals surface area contributed by atoms with Crippen molar-refractivity contribution in [2.45, 2.75) is 19.4 Å². The first-order valence-electron chi connectivity index (χ1n) is 5.27. The number of rotatable bonds is 4. The summed E-state index contributed by atoms with van der Waals surface area (Å²) in [5, 5.41) is 3.33. The Kier molecular flexibility index (Phi) is 4.10. The highest BCUT2D eigenvalue weighted by Crippen LogP contribution is 2.21. The summed E-state index contributed by atoms with van der Waals surface area (Å²) in [4.78, 5) is 4.33. The number of hydrogen-bond donors (Lipinski definition) is 1. The van der Waals surface area contributed by atoms with Crippen LogP contribution in [0.25, 0.3) is 0 Å². The number of benzene rings is 1. The minimum absolute atomic E-state index is 0.258. The molecule has 90 valence electrons. The molecule has 2 N–H and O–H groups in total. The number of halogens is 2. The molecule has 2 aromatic rings. The van der Waals surface area contributed by atoms with Gasteiger partial charge in [0, 0.05) is 22.5 Å². The third-order valence-corrected chi connectivity index (χ3v) is 3.74. The summed E-state index contributed by atoms with van der Waals surface area (Å²) in [5.74, 6) is -0.258. The van der Waals surface area contributed by atoms with E-state index >= 15 is 0 Å². The molecule has 5 heteroatoms. The van der Waals surface area contributed by atoms with Crippen molar-refractivity contribution < 1.29 is 4.39 Å². The number of nitrogens with zero attached hydrogens (tertiary/aromatic N) is 1. The fourth-order valence-corrected chi connectivity index (χ4v) is 2.55. The number of aromatic nitrogens is 1. The van der Waals surface area contributed by atoms with Crippen LogP contribution >= 0.6 is 22.9 Å². The lowest BCUT2D eigenvalue weighted by Crippen LogP contribution is -1.98. The first-order chi connectivity index (χ1) is 8.20. The maximum absolute atomic E-state index is 13.5. The predicted molar refractivity (Wildman–Crippen MR) is 68.8 cm³/mol. The van der Waals surface area contributed by atoms with Gasteiger partial charge in [0.05, 0.1) is 5.69 Å². The quantitative estimate of drug-likeness (QED) is 0.927. The third-order valence-electron chi connectivity index (χ3n) is 2.47. The Morgan fingerprint density at radius 1 is 1.35 bits per heavy atom. The highest BCUT2D eigenvalue weighted by Gasteiger charge is 2.08. The smallest absolute Gasteiger partial charge is 0.127 e. The Bertz CT molecular complexity index is 493. The molecule has 0 saturated heterocycles. The van der Waals surface area contributed by atoms with Crippen LogP contribution in [0.2, 0.25) is 5.02 Å². The zero-order valence-electron chi connectivity index (χ0n) is 9.12. The van der Waals surface area contributed by atoms with Crippen molar-refractivity contribution in [3.63, 3.8) is 0 Å². The number of aryl methyl sites for hydroxylation is 1. The molecule has 0 aliphatic heterocycles. The minimum atomic E-state index is -0.258. The van der Waals surface area contributed by atoms with Crippen LogP contribution in [0.4, 0.5) is 4.39 Å². The lowest BCUT2D eigenvalue weighted by Gasteiger charge is -2.04. The van der Waals surface area contributed by atoms with Crippen molar-refractivity contribution >= 4 is 22.9 Å². The number of nitrogens with two attached hydrogens (primary N) is 1. The normalized spacial score (nSPS) is 10.8. The highest BCUT2D eigenvalue weighted by molar-refractivity contribution is 7.09. The van der Waals surface area contributed by atoms with Gasteiger partial charge in [-0.05, 0) is 25.0 Å². The summed E-state index contributed by atoms with van der Waals surface area (Å²) in [7, 11) is 0. The molecule has 0 amide bonds. The van der Waals surface area contributed by atoms with Gasteiger partial charge >= 0.3 is 0 Å². The molecule has 17 heavy (non-hydrogen) atoms. The molecule has 0 unspecified atom stereocenters. The van der Waals surface area contributed by atoms with E-state index in [4.69, 9.17) is 17.3 Å². The van der Waals surface area contributed by atoms with Gasteiger partial charge in [-0.2, -0.15) is 0 Å². The van der Waals surface area contributed by atoms with E-state index in [1.54, 1.807) is 12.1 Å². The number of hydrogen-bond acceptors (Lipinski definition) is 3. The zero-order valence-corrected chi connectivity index (χ0v) is 10.7. The van der Waals surface area contributed by atoms with Crippen molar-refractivity contribution in [2.75, 3.05) is 0 Å². The highest BCUT2D eigenvalue weighted by atomic mass is 35.5. The van der Waals surface area contributed by atoms with Crippen molar-refractivity contribution in [1.82, 2.24) is 4.98 Å². The maximum atomic E-state index is 13.5. The fraction of sp³-hybridized carbons (Fsp3) is 0.250. The van der Waals surface area contributed by atoms with Crippen LogP contribution in [-0.4, -0.2) is 4.98 Å². The Balaban J connectivity index is 2.07. The lowest BCUT2D eigenvalue weighted by molar-refractivity contribution is 0.608. The van der Waals surface area contributed by atoms with Gasteiger partial charge in [-0.1, -0.05) is 17.7 Å². The van der Waals surface area contributed by atoms with Gasteiger partial charge in [0.25, 0.3) is 0 Å². The van der Waals surface area contributed by atoms with Crippen LogP contribution in [0.5, 0.6) is 0 Å². The van der Waals surface area contributed by atoms with E-state index < -0.39 is 0 Å². The second kappa shape index (κ2) is 5.58. The SMILES string of the molecule is NCc1nc(CCc2c(F)cccc2Cl)cs1. The molecule has 0 saturated carbocycles. The molecule has 0 bridgehead atoms. The fourth-order valence-electron chi connectivity index (χ4n) is 1.58. The molecule has 1 aromatic heterocycles. The van der Waals surface area contributed by atoms with Crippen LogP contribution in [-0.2, 0) is 19.4 Å². The maximum Gasteiger partial charge on any atom is 0.127 e. The Morgan fingerprint density at radius 3 is 2.82 bits per heavy atom. The summed E-state index contributed by atoms with van der Waals surface area (Å²) >= 11 is 7.48. The van der Waals surface area contributed by atoms with Crippen LogP contribution in [0.3, 0.4) is 0 Å². The van der Waals surface area contributed by atoms with Crippen molar-refractivity contribution in [2.24, 2.45) is 5.73 Å². The Labute approximate surface area is 108 Å². The molecule has 2 rings (SSSR count). The summed E-state index contributed by atoms with van der Waals surface area (Å²) in [6, 6.07) is 4.73. The Morgan fingerprint density at radius 2 is 2.18 bits per heavy atom. The summed E-state index contributed by atoms with van der Waals surface area (Å²) in [5.41, 5.74) is 6.98. The standard InChI is InChI=1S/C12H12ClFN2S/c13-10-2-1-3-11(14)9(10)5-4-8-7-17-12(6-15)16-8/h1-3,7H,4-6,15H2. The molecular weight excluding hydrogens is 259 g/mol. The molecule has 0 radical (unpaired) electrons. The Hall–Kier alpha value is -0.970. The van der Waals surface area contributed by atoms with Crippen LogP contribution in [0, 0.1) is 5.82 Å². The van der Waals surface area contributed by atoms with Crippen LogP contribution in [0.15, 0.2) is 23.6 Å². The van der Waals surface area contributed by atoms with Gasteiger partial charge in [-0.3, -0.25) is 0 Å². The van der Waals surface area contributed by atoms with Gasteiger partial charge in [0.2, 0.25) is 0 Å². The molecule has 0 atom stereocenters. The average Bonchev–Trinajstić information content (AvgIpc) is 2.76. The molecule has 2 nitrogen and oxygen atoms in total. The lowest BCUT2D eigenvalue weighted by atomic mass is 10.1. The van der Waals surface area contributed by atoms with Gasteiger partial charge in [0.15, 0.2) is 0 Å². The van der Waals surface area contributed by atoms with E-state index in [1.807, 2.05) is 5.38 Å². The summed E-state index contributed by atoms with van der Waals surface area (Å²) < 4.78 is 13.5. The minimum Gasteiger partial charge on any atom is -0.325 e. The second-order valence-corrected chi connectivity index (χ2v) is 4.99. The van der Waals surface area contributed by atoms with Gasteiger partial charge in [-0.25, -0.2) is 9.37 Å². The van der Waals surface area contributed by atoms with E-state index in [0.717, 1.165) is 10.7 Å². The molecule has 0 aliphatic rings. The number of thiazole rings is 1. The van der Waals surface area contributed by atoms with E-state index in [-0.39, 0.29) is 5.82 Å².